The molecule has 0 spiro atoms. The zero-order valence-electron chi connectivity index (χ0n) is 10.7. The summed E-state index contributed by atoms with van der Waals surface area (Å²) in [4.78, 5) is 11.9. The van der Waals surface area contributed by atoms with E-state index in [0.29, 0.717) is 24.9 Å². The van der Waals surface area contributed by atoms with Gasteiger partial charge in [-0.25, -0.2) is 4.39 Å². The van der Waals surface area contributed by atoms with Crippen LogP contribution < -0.4 is 11.1 Å². The van der Waals surface area contributed by atoms with Crippen LogP contribution in [0.5, 0.6) is 5.75 Å². The van der Waals surface area contributed by atoms with E-state index in [-0.39, 0.29) is 11.3 Å². The van der Waals surface area contributed by atoms with Crippen LogP contribution in [0, 0.1) is 17.7 Å². The number of halogens is 1. The summed E-state index contributed by atoms with van der Waals surface area (Å²) >= 11 is 0. The summed E-state index contributed by atoms with van der Waals surface area (Å²) in [6.07, 6.45) is 3.29. The maximum absolute atomic E-state index is 13.5. The Morgan fingerprint density at radius 2 is 2.16 bits per heavy atom. The molecular weight excluding hydrogens is 247 g/mol. The van der Waals surface area contributed by atoms with Gasteiger partial charge in [0.1, 0.15) is 11.6 Å². The zero-order valence-corrected chi connectivity index (χ0v) is 10.7. The molecule has 1 fully saturated rings. The van der Waals surface area contributed by atoms with Crippen LogP contribution in [0.15, 0.2) is 18.2 Å². The second-order valence-electron chi connectivity index (χ2n) is 5.06. The highest BCUT2D eigenvalue weighted by Gasteiger charge is 2.26. The molecule has 1 aliphatic carbocycles. The topological polar surface area (TPSA) is 75.3 Å². The van der Waals surface area contributed by atoms with Crippen LogP contribution in [0.4, 0.5) is 4.39 Å². The maximum Gasteiger partial charge on any atom is 0.254 e. The molecule has 0 aromatic heterocycles. The van der Waals surface area contributed by atoms with E-state index in [1.165, 1.54) is 12.1 Å². The van der Waals surface area contributed by atoms with Crippen molar-refractivity contribution < 1.29 is 14.3 Å². The minimum atomic E-state index is -0.709. The summed E-state index contributed by atoms with van der Waals surface area (Å²) in [5.74, 6) is -0.508. The third-order valence-electron chi connectivity index (χ3n) is 3.84. The monoisotopic (exact) mass is 266 g/mol. The molecule has 0 heterocycles. The van der Waals surface area contributed by atoms with Crippen molar-refractivity contribution in [1.82, 2.24) is 5.32 Å². The molecule has 1 aromatic carbocycles. The highest BCUT2D eigenvalue weighted by Crippen LogP contribution is 2.30. The Balaban J connectivity index is 1.94. The molecule has 0 radical (unpaired) electrons. The lowest BCUT2D eigenvalue weighted by Crippen LogP contribution is -2.33. The van der Waals surface area contributed by atoms with Gasteiger partial charge in [-0.2, -0.15) is 0 Å². The molecule has 0 bridgehead atoms. The molecule has 0 saturated heterocycles. The number of rotatable bonds is 4. The van der Waals surface area contributed by atoms with Gasteiger partial charge in [0.2, 0.25) is 0 Å². The molecular formula is C14H19FN2O2. The Bertz CT molecular complexity index is 465. The average molecular weight is 266 g/mol. The predicted octanol–water partition coefficient (Wildman–Crippen LogP) is 1.64. The van der Waals surface area contributed by atoms with Crippen molar-refractivity contribution in [2.45, 2.75) is 19.3 Å². The van der Waals surface area contributed by atoms with Crippen molar-refractivity contribution >= 4 is 5.91 Å². The molecule has 104 valence electrons. The molecule has 4 nitrogen and oxygen atoms in total. The number of benzene rings is 1. The second kappa shape index (κ2) is 6.02. The standard InChI is InChI=1S/C14H19FN2O2/c15-13-6-11(18)4-5-12(13)14(19)17-8-10-3-1-2-9(10)7-16/h4-6,9-10,18H,1-3,7-8,16H2,(H,17,19). The minimum Gasteiger partial charge on any atom is -0.508 e. The molecule has 1 aromatic rings. The Kier molecular flexibility index (Phi) is 4.37. The molecule has 2 unspecified atom stereocenters. The van der Waals surface area contributed by atoms with E-state index in [4.69, 9.17) is 10.8 Å². The van der Waals surface area contributed by atoms with Crippen LogP contribution in [0.25, 0.3) is 0 Å². The highest BCUT2D eigenvalue weighted by molar-refractivity contribution is 5.94. The number of amides is 1. The van der Waals surface area contributed by atoms with Gasteiger partial charge in [0.05, 0.1) is 5.56 Å². The van der Waals surface area contributed by atoms with E-state index >= 15 is 0 Å². The Morgan fingerprint density at radius 1 is 1.42 bits per heavy atom. The predicted molar refractivity (Wildman–Crippen MR) is 70.3 cm³/mol. The Labute approximate surface area is 111 Å². The highest BCUT2D eigenvalue weighted by atomic mass is 19.1. The van der Waals surface area contributed by atoms with Gasteiger partial charge in [0, 0.05) is 12.6 Å². The summed E-state index contributed by atoms with van der Waals surface area (Å²) in [6.45, 7) is 1.16. The van der Waals surface area contributed by atoms with Gasteiger partial charge < -0.3 is 16.2 Å². The first-order valence-electron chi connectivity index (χ1n) is 6.58. The third-order valence-corrected chi connectivity index (χ3v) is 3.84. The van der Waals surface area contributed by atoms with E-state index in [9.17, 15) is 9.18 Å². The molecule has 5 heteroatoms. The van der Waals surface area contributed by atoms with Gasteiger partial charge in [0.15, 0.2) is 0 Å². The van der Waals surface area contributed by atoms with E-state index in [2.05, 4.69) is 5.32 Å². The normalized spacial score (nSPS) is 22.4. The lowest BCUT2D eigenvalue weighted by Gasteiger charge is -2.18. The van der Waals surface area contributed by atoms with Crippen LogP contribution in [-0.4, -0.2) is 24.1 Å². The van der Waals surface area contributed by atoms with Crippen molar-refractivity contribution in [1.29, 1.82) is 0 Å². The fraction of sp³-hybridized carbons (Fsp3) is 0.500. The zero-order chi connectivity index (χ0) is 13.8. The van der Waals surface area contributed by atoms with Crippen LogP contribution in [0.3, 0.4) is 0 Å². The SMILES string of the molecule is NCC1CCCC1CNC(=O)c1ccc(O)cc1F. The van der Waals surface area contributed by atoms with Gasteiger partial charge in [-0.15, -0.1) is 0 Å². The van der Waals surface area contributed by atoms with Gasteiger partial charge in [-0.05, 0) is 43.4 Å². The van der Waals surface area contributed by atoms with Crippen LogP contribution >= 0.6 is 0 Å². The number of hydrogen-bond acceptors (Lipinski definition) is 3. The fourth-order valence-electron chi connectivity index (χ4n) is 2.70. The maximum atomic E-state index is 13.5. The molecule has 2 atom stereocenters. The second-order valence-corrected chi connectivity index (χ2v) is 5.06. The van der Waals surface area contributed by atoms with Crippen molar-refractivity contribution in [3.8, 4) is 5.75 Å². The third kappa shape index (κ3) is 3.23. The van der Waals surface area contributed by atoms with Crippen molar-refractivity contribution in [3.63, 3.8) is 0 Å². The number of carbonyl (C=O) groups is 1. The van der Waals surface area contributed by atoms with Crippen LogP contribution in [0.1, 0.15) is 29.6 Å². The number of phenols is 1. The van der Waals surface area contributed by atoms with Crippen molar-refractivity contribution in [3.05, 3.63) is 29.6 Å². The number of aromatic hydroxyl groups is 1. The first kappa shape index (κ1) is 13.8. The van der Waals surface area contributed by atoms with E-state index in [1.54, 1.807) is 0 Å². The number of phenolic OH excluding ortho intramolecular Hbond substituents is 1. The Hall–Kier alpha value is -1.62. The van der Waals surface area contributed by atoms with Gasteiger partial charge in [0.25, 0.3) is 5.91 Å². The largest absolute Gasteiger partial charge is 0.508 e. The molecule has 19 heavy (non-hydrogen) atoms. The molecule has 1 aliphatic rings. The van der Waals surface area contributed by atoms with Crippen LogP contribution in [-0.2, 0) is 0 Å². The number of nitrogens with two attached hydrogens (primary N) is 1. The van der Waals surface area contributed by atoms with Gasteiger partial charge >= 0.3 is 0 Å². The summed E-state index contributed by atoms with van der Waals surface area (Å²) in [5, 5.41) is 11.9. The van der Waals surface area contributed by atoms with E-state index < -0.39 is 11.7 Å². The fourth-order valence-corrected chi connectivity index (χ4v) is 2.70. The lowest BCUT2D eigenvalue weighted by molar-refractivity contribution is 0.0940. The summed E-state index contributed by atoms with van der Waals surface area (Å²) in [7, 11) is 0. The van der Waals surface area contributed by atoms with Gasteiger partial charge in [-0.1, -0.05) is 6.42 Å². The number of carbonyl (C=O) groups excluding carboxylic acids is 1. The molecule has 4 N–H and O–H groups in total. The van der Waals surface area contributed by atoms with E-state index in [0.717, 1.165) is 25.3 Å². The molecule has 1 amide bonds. The van der Waals surface area contributed by atoms with Crippen molar-refractivity contribution in [2.75, 3.05) is 13.1 Å². The lowest BCUT2D eigenvalue weighted by atomic mass is 9.96. The average Bonchev–Trinajstić information content (AvgIpc) is 2.83. The quantitative estimate of drug-likeness (QED) is 0.775. The number of hydrogen-bond donors (Lipinski definition) is 3. The Morgan fingerprint density at radius 3 is 2.84 bits per heavy atom. The van der Waals surface area contributed by atoms with Crippen molar-refractivity contribution in [2.24, 2.45) is 17.6 Å². The minimum absolute atomic E-state index is 0.0416. The molecule has 1 saturated carbocycles. The van der Waals surface area contributed by atoms with Gasteiger partial charge in [-0.3, -0.25) is 4.79 Å². The number of nitrogens with one attached hydrogen (secondary N) is 1. The van der Waals surface area contributed by atoms with E-state index in [1.807, 2.05) is 0 Å². The first-order chi connectivity index (χ1) is 9.11. The van der Waals surface area contributed by atoms with Crippen LogP contribution in [0.2, 0.25) is 0 Å². The molecule has 2 rings (SSSR count). The first-order valence-corrected chi connectivity index (χ1v) is 6.58. The summed E-state index contributed by atoms with van der Waals surface area (Å²) in [5.41, 5.74) is 5.64. The summed E-state index contributed by atoms with van der Waals surface area (Å²) in [6, 6.07) is 3.53. The summed E-state index contributed by atoms with van der Waals surface area (Å²) < 4.78 is 13.5. The smallest absolute Gasteiger partial charge is 0.254 e. The molecule has 0 aliphatic heterocycles.